The lowest BCUT2D eigenvalue weighted by atomic mass is 10.0. The Labute approximate surface area is 307 Å². The Morgan fingerprint density at radius 1 is 1.11 bits per heavy atom. The summed E-state index contributed by atoms with van der Waals surface area (Å²) in [4.78, 5) is 48.3. The van der Waals surface area contributed by atoms with Gasteiger partial charge in [0.05, 0.1) is 27.1 Å². The maximum Gasteiger partial charge on any atom is 0.416 e. The highest BCUT2D eigenvalue weighted by molar-refractivity contribution is 7.91. The van der Waals surface area contributed by atoms with Gasteiger partial charge < -0.3 is 20.3 Å². The fourth-order valence-electron chi connectivity index (χ4n) is 7.03. The van der Waals surface area contributed by atoms with E-state index >= 15 is 0 Å². The number of halogens is 4. The highest BCUT2D eigenvalue weighted by Gasteiger charge is 2.63. The number of para-hydroxylation sites is 1. The monoisotopic (exact) mass is 777 g/mol. The fourth-order valence-corrected chi connectivity index (χ4v) is 9.22. The molecule has 2 aromatic carbocycles. The standard InChI is InChI=1S/C36H39F4N5O6S2/c1-34(13-14-34)53(49,50)44-32(48)35-19-21(35)9-5-3-2-4-6-11-27(41-24-16-22(36(38,39)40)15-23(37)17-24)31(47)45-20-25(18-28(45)30(46)43-35)51-33-42-26-10-7-8-12-29(26)52-33/h5,7-10,12,15-17,21,25,27-28,41H,2-4,6,11,13-14,18-20H2,1H3,(H,43,46)(H,44,48)/b9-5-/t21-,25-,27+,28+,35-/m1/s1. The first-order valence-corrected chi connectivity index (χ1v) is 19.9. The maximum atomic E-state index is 14.5. The van der Waals surface area contributed by atoms with Crippen molar-refractivity contribution in [3.05, 3.63) is 66.0 Å². The number of nitrogens with one attached hydrogen (secondary N) is 3. The summed E-state index contributed by atoms with van der Waals surface area (Å²) in [6.45, 7) is 1.45. The number of amides is 3. The largest absolute Gasteiger partial charge is 0.465 e. The number of sulfonamides is 1. The highest BCUT2D eigenvalue weighted by atomic mass is 32.2. The second-order valence-electron chi connectivity index (χ2n) is 14.6. The van der Waals surface area contributed by atoms with E-state index in [1.807, 2.05) is 30.3 Å². The van der Waals surface area contributed by atoms with Gasteiger partial charge in [-0.05, 0) is 75.8 Å². The molecule has 284 valence electrons. The van der Waals surface area contributed by atoms with Crippen molar-refractivity contribution < 1.29 is 45.1 Å². The van der Waals surface area contributed by atoms with E-state index in [1.54, 1.807) is 13.0 Å². The molecule has 1 aromatic heterocycles. The number of ether oxygens (including phenoxy) is 1. The zero-order valence-electron chi connectivity index (χ0n) is 28.7. The number of anilines is 1. The average molecular weight is 778 g/mol. The van der Waals surface area contributed by atoms with Crippen LogP contribution in [-0.2, 0) is 30.6 Å². The molecule has 2 aliphatic heterocycles. The van der Waals surface area contributed by atoms with Crippen LogP contribution in [0.5, 0.6) is 5.19 Å². The van der Waals surface area contributed by atoms with Crippen LogP contribution in [-0.4, -0.2) is 71.0 Å². The molecule has 3 aromatic rings. The van der Waals surface area contributed by atoms with E-state index in [9.17, 15) is 40.4 Å². The van der Waals surface area contributed by atoms with Crippen molar-refractivity contribution >= 4 is 55.0 Å². The fraction of sp³-hybridized carbons (Fsp3) is 0.500. The van der Waals surface area contributed by atoms with Crippen LogP contribution in [0.3, 0.4) is 0 Å². The number of alkyl halides is 3. The van der Waals surface area contributed by atoms with Gasteiger partial charge in [-0.2, -0.15) is 13.2 Å². The number of fused-ring (bicyclic) bond motifs is 3. The SMILES string of the molecule is CC1(S(=O)(=O)NC(=O)[C@@]23C[C@H]2/C=C\CCCCC[C@H](Nc2cc(F)cc(C(F)(F)F)c2)C(=O)N2C[C@H](Oc4nc5ccccc5s4)C[C@H]2C(=O)N3)CC1. The van der Waals surface area contributed by atoms with Crippen molar-refractivity contribution in [2.45, 2.75) is 99.4 Å². The predicted octanol–water partition coefficient (Wildman–Crippen LogP) is 5.68. The molecule has 3 amide bonds. The Morgan fingerprint density at radius 3 is 2.62 bits per heavy atom. The van der Waals surface area contributed by atoms with Crippen LogP contribution in [0.25, 0.3) is 10.2 Å². The van der Waals surface area contributed by atoms with Gasteiger partial charge >= 0.3 is 6.18 Å². The van der Waals surface area contributed by atoms with Crippen molar-refractivity contribution in [3.8, 4) is 5.19 Å². The van der Waals surface area contributed by atoms with Crippen molar-refractivity contribution in [3.63, 3.8) is 0 Å². The number of hydrogen-bond donors (Lipinski definition) is 3. The summed E-state index contributed by atoms with van der Waals surface area (Å²) in [5, 5.41) is 5.92. The number of rotatable bonds is 7. The number of carbonyl (C=O) groups is 3. The molecule has 3 fully saturated rings. The third-order valence-electron chi connectivity index (χ3n) is 10.6. The van der Waals surface area contributed by atoms with Crippen LogP contribution in [0.15, 0.2) is 54.6 Å². The highest BCUT2D eigenvalue weighted by Crippen LogP contribution is 2.47. The molecule has 0 unspecified atom stereocenters. The molecule has 4 aliphatic rings. The van der Waals surface area contributed by atoms with Crippen LogP contribution in [0.1, 0.15) is 70.3 Å². The summed E-state index contributed by atoms with van der Waals surface area (Å²) in [5.41, 5.74) is -2.36. The molecule has 11 nitrogen and oxygen atoms in total. The Kier molecular flexibility index (Phi) is 9.70. The van der Waals surface area contributed by atoms with Gasteiger partial charge in [0.1, 0.15) is 29.5 Å². The van der Waals surface area contributed by atoms with E-state index in [0.29, 0.717) is 55.3 Å². The lowest BCUT2D eigenvalue weighted by molar-refractivity contribution is -0.140. The summed E-state index contributed by atoms with van der Waals surface area (Å²) in [6.07, 6.45) is 1.60. The Balaban J connectivity index is 1.20. The van der Waals surface area contributed by atoms with Crippen molar-refractivity contribution in [1.82, 2.24) is 19.9 Å². The molecular formula is C36H39F4N5O6S2. The lowest BCUT2D eigenvalue weighted by Crippen LogP contribution is -2.58. The lowest BCUT2D eigenvalue weighted by Gasteiger charge is -2.30. The molecule has 2 saturated carbocycles. The summed E-state index contributed by atoms with van der Waals surface area (Å²) >= 11 is 1.28. The van der Waals surface area contributed by atoms with Crippen molar-refractivity contribution in [2.24, 2.45) is 5.92 Å². The van der Waals surface area contributed by atoms with Crippen molar-refractivity contribution in [1.29, 1.82) is 0 Å². The summed E-state index contributed by atoms with van der Waals surface area (Å²) in [5.74, 6) is -3.83. The van der Waals surface area contributed by atoms with Gasteiger partial charge in [-0.1, -0.05) is 48.5 Å². The van der Waals surface area contributed by atoms with Gasteiger partial charge in [-0.25, -0.2) is 17.8 Å². The molecule has 17 heteroatoms. The van der Waals surface area contributed by atoms with Crippen molar-refractivity contribution in [2.75, 3.05) is 11.9 Å². The first-order chi connectivity index (χ1) is 25.1. The molecule has 7 rings (SSSR count). The minimum Gasteiger partial charge on any atom is -0.465 e. The summed E-state index contributed by atoms with van der Waals surface area (Å²) in [6, 6.07) is 6.99. The third-order valence-corrected chi connectivity index (χ3v) is 13.7. The van der Waals surface area contributed by atoms with Gasteiger partial charge in [-0.15, -0.1) is 0 Å². The van der Waals surface area contributed by atoms with Gasteiger partial charge in [0.25, 0.3) is 11.1 Å². The zero-order chi connectivity index (χ0) is 37.8. The normalized spacial score (nSPS) is 28.1. The Bertz CT molecular complexity index is 2040. The van der Waals surface area contributed by atoms with Crippen LogP contribution >= 0.6 is 11.3 Å². The topological polar surface area (TPSA) is 147 Å². The molecule has 0 spiro atoms. The minimum atomic E-state index is -4.83. The van der Waals surface area contributed by atoms with E-state index < -0.39 is 79.7 Å². The number of hydrogen-bond acceptors (Lipinski definition) is 9. The third kappa shape index (κ3) is 7.72. The molecular weight excluding hydrogens is 739 g/mol. The maximum absolute atomic E-state index is 14.5. The van der Waals surface area contributed by atoms with Crippen LogP contribution < -0.4 is 20.1 Å². The average Bonchev–Trinajstić information content (AvgIpc) is 3.90. The van der Waals surface area contributed by atoms with E-state index in [1.165, 1.54) is 16.2 Å². The van der Waals surface area contributed by atoms with E-state index in [4.69, 9.17) is 4.74 Å². The molecule has 0 bridgehead atoms. The zero-order valence-corrected chi connectivity index (χ0v) is 30.4. The Morgan fingerprint density at radius 2 is 1.89 bits per heavy atom. The number of thiazole rings is 1. The number of aromatic nitrogens is 1. The smallest absolute Gasteiger partial charge is 0.416 e. The molecule has 0 radical (unpaired) electrons. The van der Waals surface area contributed by atoms with Gasteiger partial charge in [0, 0.05) is 18.0 Å². The van der Waals surface area contributed by atoms with E-state index in [-0.39, 0.29) is 31.5 Å². The van der Waals surface area contributed by atoms with Crippen LogP contribution in [0, 0.1) is 11.7 Å². The summed E-state index contributed by atoms with van der Waals surface area (Å²) < 4.78 is 89.5. The number of allylic oxidation sites excluding steroid dienone is 1. The molecule has 3 N–H and O–H groups in total. The first-order valence-electron chi connectivity index (χ1n) is 17.6. The minimum absolute atomic E-state index is 0.0209. The van der Waals surface area contributed by atoms with Gasteiger partial charge in [-0.3, -0.25) is 19.1 Å². The van der Waals surface area contributed by atoms with Crippen LogP contribution in [0.4, 0.5) is 23.2 Å². The van der Waals surface area contributed by atoms with E-state index in [0.717, 1.165) is 16.8 Å². The quantitative estimate of drug-likeness (QED) is 0.205. The number of benzene rings is 2. The number of carbonyl (C=O) groups excluding carboxylic acids is 3. The second kappa shape index (κ2) is 13.9. The molecule has 53 heavy (non-hydrogen) atoms. The van der Waals surface area contributed by atoms with E-state index in [2.05, 4.69) is 20.3 Å². The molecule has 1 saturated heterocycles. The van der Waals surface area contributed by atoms with Gasteiger partial charge in [0.2, 0.25) is 21.8 Å². The molecule has 3 heterocycles. The van der Waals surface area contributed by atoms with Crippen LogP contribution in [0.2, 0.25) is 0 Å². The Hall–Kier alpha value is -4.25. The number of nitrogens with zero attached hydrogens (tertiary/aromatic N) is 2. The first kappa shape index (κ1) is 37.1. The summed E-state index contributed by atoms with van der Waals surface area (Å²) in [7, 11) is -4.03. The predicted molar refractivity (Wildman–Crippen MR) is 189 cm³/mol. The molecule has 5 atom stereocenters. The van der Waals surface area contributed by atoms with Gasteiger partial charge in [0.15, 0.2) is 0 Å². The molecule has 2 aliphatic carbocycles. The second-order valence-corrected chi connectivity index (χ2v) is 17.8.